The Balaban J connectivity index is 1.17. The maximum Gasteiger partial charge on any atom is 0.236 e. The number of nitrogens with zero attached hydrogens (tertiary/aromatic N) is 1. The molecule has 2 aliphatic rings. The molecule has 0 bridgehead atoms. The molecule has 0 radical (unpaired) electrons. The minimum atomic E-state index is -3.45. The van der Waals surface area contributed by atoms with E-state index in [-0.39, 0.29) is 11.2 Å². The van der Waals surface area contributed by atoms with Gasteiger partial charge in [0.1, 0.15) is 0 Å². The fourth-order valence-electron chi connectivity index (χ4n) is 5.65. The molecule has 1 aliphatic carbocycles. The van der Waals surface area contributed by atoms with Crippen molar-refractivity contribution >= 4 is 15.7 Å². The summed E-state index contributed by atoms with van der Waals surface area (Å²) in [5, 5.41) is 0. The molecule has 1 N–H and O–H groups in total. The molecule has 172 valence electrons. The highest BCUT2D eigenvalue weighted by molar-refractivity contribution is 7.91. The van der Waals surface area contributed by atoms with Crippen LogP contribution in [0.5, 0.6) is 0 Å². The molecule has 0 aromatic heterocycles. The van der Waals surface area contributed by atoms with Crippen LogP contribution >= 0.6 is 0 Å². The zero-order valence-corrected chi connectivity index (χ0v) is 20.0. The second-order valence-electron chi connectivity index (χ2n) is 9.77. The molecule has 1 saturated heterocycles. The zero-order chi connectivity index (χ0) is 22.9. The van der Waals surface area contributed by atoms with Gasteiger partial charge in [0.2, 0.25) is 10.0 Å². The lowest BCUT2D eigenvalue weighted by Crippen LogP contribution is -2.30. The maximum absolute atomic E-state index is 12.7. The van der Waals surface area contributed by atoms with E-state index in [1.165, 1.54) is 17.5 Å². The monoisotopic (exact) mass is 460 g/mol. The van der Waals surface area contributed by atoms with Crippen LogP contribution in [0.4, 0.5) is 5.69 Å². The molecule has 2 fully saturated rings. The number of aryl methyl sites for hydroxylation is 1. The van der Waals surface area contributed by atoms with Gasteiger partial charge < -0.3 is 4.90 Å². The minimum absolute atomic E-state index is 0.0154. The molecule has 1 heterocycles. The summed E-state index contributed by atoms with van der Waals surface area (Å²) < 4.78 is 28.1. The Bertz CT molecular complexity index is 1180. The number of hydrogen-bond donors (Lipinski definition) is 1. The molecular formula is C28H32N2O2S. The van der Waals surface area contributed by atoms with Crippen molar-refractivity contribution in [2.24, 2.45) is 11.8 Å². The highest BCUT2D eigenvalue weighted by atomic mass is 32.2. The minimum Gasteiger partial charge on any atom is -0.303 e. The summed E-state index contributed by atoms with van der Waals surface area (Å²) in [6.07, 6.45) is 2.33. The molecule has 5 rings (SSSR count). The number of benzene rings is 3. The van der Waals surface area contributed by atoms with E-state index < -0.39 is 10.0 Å². The van der Waals surface area contributed by atoms with Crippen LogP contribution in [0.25, 0.3) is 0 Å². The molecule has 33 heavy (non-hydrogen) atoms. The molecule has 1 aliphatic heterocycles. The first kappa shape index (κ1) is 22.2. The third kappa shape index (κ3) is 4.85. The van der Waals surface area contributed by atoms with Crippen molar-refractivity contribution in [2.45, 2.75) is 30.9 Å². The van der Waals surface area contributed by atoms with Gasteiger partial charge in [-0.15, -0.1) is 0 Å². The highest BCUT2D eigenvalue weighted by Crippen LogP contribution is 2.63. The Hall–Kier alpha value is -2.63. The van der Waals surface area contributed by atoms with Crippen LogP contribution in [-0.2, 0) is 27.6 Å². The van der Waals surface area contributed by atoms with Crippen molar-refractivity contribution in [2.75, 3.05) is 24.4 Å². The van der Waals surface area contributed by atoms with E-state index in [9.17, 15) is 8.42 Å². The van der Waals surface area contributed by atoms with Crippen molar-refractivity contribution in [3.05, 3.63) is 102 Å². The van der Waals surface area contributed by atoms with Gasteiger partial charge >= 0.3 is 0 Å². The van der Waals surface area contributed by atoms with Gasteiger partial charge in [-0.3, -0.25) is 4.72 Å². The summed E-state index contributed by atoms with van der Waals surface area (Å²) in [6.45, 7) is 5.78. The predicted octanol–water partition coefficient (Wildman–Crippen LogP) is 5.08. The van der Waals surface area contributed by atoms with Crippen molar-refractivity contribution in [3.8, 4) is 0 Å². The Morgan fingerprint density at radius 1 is 0.879 bits per heavy atom. The molecule has 4 nitrogen and oxygen atoms in total. The summed E-state index contributed by atoms with van der Waals surface area (Å²) in [5.41, 5.74) is 4.27. The van der Waals surface area contributed by atoms with Crippen LogP contribution in [0.3, 0.4) is 0 Å². The van der Waals surface area contributed by atoms with E-state index in [0.717, 1.165) is 31.6 Å². The van der Waals surface area contributed by atoms with Gasteiger partial charge in [-0.25, -0.2) is 8.42 Å². The fourth-order valence-corrected chi connectivity index (χ4v) is 6.84. The molecule has 3 aromatic carbocycles. The summed E-state index contributed by atoms with van der Waals surface area (Å²) >= 11 is 0. The molecular weight excluding hydrogens is 428 g/mol. The first-order valence-corrected chi connectivity index (χ1v) is 13.5. The normalized spacial score (nSPS) is 24.4. The fraction of sp³-hybridized carbons (Fsp3) is 0.357. The average molecular weight is 461 g/mol. The lowest BCUT2D eigenvalue weighted by molar-refractivity contribution is 0.274. The third-order valence-electron chi connectivity index (χ3n) is 7.57. The zero-order valence-electron chi connectivity index (χ0n) is 19.2. The van der Waals surface area contributed by atoms with Gasteiger partial charge in [-0.2, -0.15) is 0 Å². The number of likely N-dealkylation sites (tertiary alicyclic amines) is 1. The summed E-state index contributed by atoms with van der Waals surface area (Å²) in [6, 6.07) is 28.0. The average Bonchev–Trinajstić information content (AvgIpc) is 3.14. The van der Waals surface area contributed by atoms with Crippen molar-refractivity contribution < 1.29 is 8.42 Å². The van der Waals surface area contributed by atoms with Crippen LogP contribution in [0.15, 0.2) is 84.9 Å². The topological polar surface area (TPSA) is 49.4 Å². The molecule has 0 amide bonds. The smallest absolute Gasteiger partial charge is 0.236 e. The molecule has 3 aromatic rings. The maximum atomic E-state index is 12.7. The predicted molar refractivity (Wildman–Crippen MR) is 135 cm³/mol. The van der Waals surface area contributed by atoms with Gasteiger partial charge in [0, 0.05) is 24.2 Å². The molecule has 1 saturated carbocycles. The molecule has 0 spiro atoms. The number of nitrogens with one attached hydrogen (secondary N) is 1. The van der Waals surface area contributed by atoms with E-state index >= 15 is 0 Å². The SMILES string of the molecule is CC1(c2cccc(NS(=O)(=O)Cc3ccccc3)c2)C2CN(CCCc3ccccc3)CC21. The van der Waals surface area contributed by atoms with Gasteiger partial charge in [0.15, 0.2) is 0 Å². The lowest BCUT2D eigenvalue weighted by Gasteiger charge is -2.25. The quantitative estimate of drug-likeness (QED) is 0.484. The van der Waals surface area contributed by atoms with Crippen LogP contribution in [0, 0.1) is 11.8 Å². The Kier molecular flexibility index (Phi) is 6.02. The number of hydrogen-bond acceptors (Lipinski definition) is 3. The van der Waals surface area contributed by atoms with Crippen LogP contribution in [-0.4, -0.2) is 33.0 Å². The van der Waals surface area contributed by atoms with Gasteiger partial charge in [0.25, 0.3) is 0 Å². The number of anilines is 1. The van der Waals surface area contributed by atoms with Crippen molar-refractivity contribution in [1.29, 1.82) is 0 Å². The van der Waals surface area contributed by atoms with Crippen LogP contribution in [0.1, 0.15) is 30.0 Å². The number of fused-ring (bicyclic) bond motifs is 1. The third-order valence-corrected chi connectivity index (χ3v) is 8.83. The Morgan fingerprint density at radius 3 is 2.18 bits per heavy atom. The second kappa shape index (κ2) is 8.96. The van der Waals surface area contributed by atoms with E-state index in [0.29, 0.717) is 17.5 Å². The number of rotatable bonds is 9. The lowest BCUT2D eigenvalue weighted by atomic mass is 9.92. The number of sulfonamides is 1. The molecule has 2 atom stereocenters. The van der Waals surface area contributed by atoms with Gasteiger partial charge in [-0.1, -0.05) is 79.7 Å². The van der Waals surface area contributed by atoms with Crippen molar-refractivity contribution in [1.82, 2.24) is 4.90 Å². The summed E-state index contributed by atoms with van der Waals surface area (Å²) in [4.78, 5) is 2.60. The van der Waals surface area contributed by atoms with Gasteiger partial charge in [-0.05, 0) is 60.0 Å². The van der Waals surface area contributed by atoms with Gasteiger partial charge in [0.05, 0.1) is 5.75 Å². The summed E-state index contributed by atoms with van der Waals surface area (Å²) in [5.74, 6) is 1.30. The van der Waals surface area contributed by atoms with Crippen LogP contribution in [0.2, 0.25) is 0 Å². The molecule has 5 heteroatoms. The first-order valence-electron chi connectivity index (χ1n) is 11.9. The van der Waals surface area contributed by atoms with E-state index in [1.807, 2.05) is 48.5 Å². The second-order valence-corrected chi connectivity index (χ2v) is 11.5. The molecule has 2 unspecified atom stereocenters. The Labute approximate surface area is 197 Å². The Morgan fingerprint density at radius 2 is 1.52 bits per heavy atom. The number of piperidine rings is 1. The van der Waals surface area contributed by atoms with E-state index in [4.69, 9.17) is 0 Å². The summed E-state index contributed by atoms with van der Waals surface area (Å²) in [7, 11) is -3.45. The largest absolute Gasteiger partial charge is 0.303 e. The van der Waals surface area contributed by atoms with E-state index in [1.54, 1.807) is 0 Å². The standard InChI is InChI=1S/C28H32N2O2S/c1-28(26-19-30(20-27(26)28)17-9-14-22-10-4-2-5-11-22)24-15-8-16-25(18-24)29-33(31,32)21-23-12-6-3-7-13-23/h2-8,10-13,15-16,18,26-27,29H,9,14,17,19-21H2,1H3. The van der Waals surface area contributed by atoms with Crippen LogP contribution < -0.4 is 4.72 Å². The van der Waals surface area contributed by atoms with Crippen molar-refractivity contribution in [3.63, 3.8) is 0 Å². The first-order chi connectivity index (χ1) is 15.9. The highest BCUT2D eigenvalue weighted by Gasteiger charge is 2.65. The van der Waals surface area contributed by atoms with E-state index in [2.05, 4.69) is 52.9 Å².